The van der Waals surface area contributed by atoms with Gasteiger partial charge in [0.2, 0.25) is 0 Å². The highest BCUT2D eigenvalue weighted by Crippen LogP contribution is 2.25. The van der Waals surface area contributed by atoms with Gasteiger partial charge in [0, 0.05) is 26.1 Å². The first-order chi connectivity index (χ1) is 12.1. The van der Waals surface area contributed by atoms with Crippen LogP contribution in [0.2, 0.25) is 0 Å². The van der Waals surface area contributed by atoms with Gasteiger partial charge in [-0.15, -0.1) is 10.2 Å². The molecule has 3 rings (SSSR count). The number of piperidine rings is 1. The van der Waals surface area contributed by atoms with Gasteiger partial charge in [-0.25, -0.2) is 0 Å². The Hall–Kier alpha value is -1.98. The molecule has 5 nitrogen and oxygen atoms in total. The van der Waals surface area contributed by atoms with Crippen LogP contribution in [0.4, 0.5) is 0 Å². The summed E-state index contributed by atoms with van der Waals surface area (Å²) < 4.78 is 2.19. The fourth-order valence-corrected chi connectivity index (χ4v) is 3.49. The van der Waals surface area contributed by atoms with E-state index in [1.165, 1.54) is 18.4 Å². The monoisotopic (exact) mass is 339 g/mol. The van der Waals surface area contributed by atoms with E-state index in [0.29, 0.717) is 5.92 Å². The van der Waals surface area contributed by atoms with Gasteiger partial charge in [-0.1, -0.05) is 42.5 Å². The maximum atomic E-state index is 4.50. The van der Waals surface area contributed by atoms with Crippen LogP contribution in [0.3, 0.4) is 0 Å². The van der Waals surface area contributed by atoms with E-state index >= 15 is 0 Å². The summed E-state index contributed by atoms with van der Waals surface area (Å²) in [6.45, 7) is 4.05. The molecular weight excluding hydrogens is 310 g/mol. The molecule has 1 aliphatic rings. The minimum absolute atomic E-state index is 0.479. The Morgan fingerprint density at radius 2 is 2.00 bits per heavy atom. The van der Waals surface area contributed by atoms with Crippen LogP contribution < -0.4 is 0 Å². The van der Waals surface area contributed by atoms with Crippen molar-refractivity contribution < 1.29 is 0 Å². The Balaban J connectivity index is 1.59. The van der Waals surface area contributed by atoms with Crippen molar-refractivity contribution >= 4 is 6.08 Å². The Morgan fingerprint density at radius 3 is 2.76 bits per heavy atom. The topological polar surface area (TPSA) is 37.2 Å². The standard InChI is InChI=1S/C20H29N5/c1-23(2)16-19-21-22-20(24(19)3)18-12-8-14-25(15-18)13-7-11-17-9-5-4-6-10-17/h4-7,9-11,18H,8,12-16H2,1-3H3/b11-7+. The zero-order valence-electron chi connectivity index (χ0n) is 15.6. The average molecular weight is 339 g/mol. The molecule has 25 heavy (non-hydrogen) atoms. The van der Waals surface area contributed by atoms with Gasteiger partial charge in [0.15, 0.2) is 0 Å². The summed E-state index contributed by atoms with van der Waals surface area (Å²) in [5.74, 6) is 2.65. The summed E-state index contributed by atoms with van der Waals surface area (Å²) >= 11 is 0. The zero-order chi connectivity index (χ0) is 17.6. The second-order valence-corrected chi connectivity index (χ2v) is 7.18. The Morgan fingerprint density at radius 1 is 1.20 bits per heavy atom. The van der Waals surface area contributed by atoms with E-state index in [1.807, 2.05) is 0 Å². The summed E-state index contributed by atoms with van der Waals surface area (Å²) in [6.07, 6.45) is 6.90. The molecule has 5 heteroatoms. The fourth-order valence-electron chi connectivity index (χ4n) is 3.49. The smallest absolute Gasteiger partial charge is 0.146 e. The minimum Gasteiger partial charge on any atom is -0.317 e. The Kier molecular flexibility index (Phi) is 6.00. The lowest BCUT2D eigenvalue weighted by molar-refractivity contribution is 0.222. The lowest BCUT2D eigenvalue weighted by Gasteiger charge is -2.31. The van der Waals surface area contributed by atoms with Gasteiger partial charge in [0.25, 0.3) is 0 Å². The molecule has 1 unspecified atom stereocenters. The number of aromatic nitrogens is 3. The van der Waals surface area contributed by atoms with Gasteiger partial charge < -0.3 is 9.47 Å². The third kappa shape index (κ3) is 4.77. The van der Waals surface area contributed by atoms with Crippen LogP contribution in [0, 0.1) is 0 Å². The summed E-state index contributed by atoms with van der Waals surface area (Å²) in [6, 6.07) is 10.5. The zero-order valence-corrected chi connectivity index (χ0v) is 15.6. The minimum atomic E-state index is 0.479. The van der Waals surface area contributed by atoms with Crippen molar-refractivity contribution in [3.8, 4) is 0 Å². The molecule has 1 atom stereocenters. The third-order valence-electron chi connectivity index (χ3n) is 4.80. The Bertz CT molecular complexity index is 689. The highest BCUT2D eigenvalue weighted by Gasteiger charge is 2.25. The molecule has 1 saturated heterocycles. The van der Waals surface area contributed by atoms with Gasteiger partial charge in [-0.05, 0) is 39.0 Å². The number of benzene rings is 1. The van der Waals surface area contributed by atoms with E-state index in [9.17, 15) is 0 Å². The summed E-state index contributed by atoms with van der Waals surface area (Å²) in [7, 11) is 6.23. The summed E-state index contributed by atoms with van der Waals surface area (Å²) in [5.41, 5.74) is 1.26. The van der Waals surface area contributed by atoms with Crippen molar-refractivity contribution in [3.05, 3.63) is 53.6 Å². The first kappa shape index (κ1) is 17.8. The van der Waals surface area contributed by atoms with Crippen LogP contribution in [-0.4, -0.2) is 58.3 Å². The van der Waals surface area contributed by atoms with E-state index < -0.39 is 0 Å². The quantitative estimate of drug-likeness (QED) is 0.811. The molecule has 0 bridgehead atoms. The predicted octanol–water partition coefficient (Wildman–Crippen LogP) is 2.77. The Labute approximate surface area is 151 Å². The van der Waals surface area contributed by atoms with Crippen LogP contribution in [0.1, 0.15) is 36.0 Å². The lowest BCUT2D eigenvalue weighted by atomic mass is 9.97. The molecule has 0 radical (unpaired) electrons. The molecule has 0 spiro atoms. The molecule has 1 aliphatic heterocycles. The average Bonchev–Trinajstić information content (AvgIpc) is 2.96. The van der Waals surface area contributed by atoms with Gasteiger partial charge in [0.1, 0.15) is 11.6 Å². The number of hydrogen-bond acceptors (Lipinski definition) is 4. The van der Waals surface area contributed by atoms with Crippen molar-refractivity contribution in [1.29, 1.82) is 0 Å². The first-order valence-corrected chi connectivity index (χ1v) is 9.10. The highest BCUT2D eigenvalue weighted by atomic mass is 15.3. The number of likely N-dealkylation sites (tertiary alicyclic amines) is 1. The molecule has 0 aliphatic carbocycles. The predicted molar refractivity (Wildman–Crippen MR) is 102 cm³/mol. The van der Waals surface area contributed by atoms with E-state index in [-0.39, 0.29) is 0 Å². The SMILES string of the molecule is CN(C)Cc1nnc(C2CCCN(C/C=C/c3ccccc3)C2)n1C. The van der Waals surface area contributed by atoms with Gasteiger partial charge >= 0.3 is 0 Å². The molecular formula is C20H29N5. The van der Waals surface area contributed by atoms with E-state index in [4.69, 9.17) is 0 Å². The molecule has 1 aromatic heterocycles. The fraction of sp³-hybridized carbons (Fsp3) is 0.500. The summed E-state index contributed by atoms with van der Waals surface area (Å²) in [4.78, 5) is 4.66. The van der Waals surface area contributed by atoms with Crippen molar-refractivity contribution in [2.75, 3.05) is 33.7 Å². The molecule has 2 aromatic rings. The largest absolute Gasteiger partial charge is 0.317 e. The van der Waals surface area contributed by atoms with Crippen LogP contribution >= 0.6 is 0 Å². The van der Waals surface area contributed by atoms with Crippen molar-refractivity contribution in [1.82, 2.24) is 24.6 Å². The van der Waals surface area contributed by atoms with Gasteiger partial charge in [0.05, 0.1) is 6.54 Å². The summed E-state index contributed by atoms with van der Waals surface area (Å²) in [5, 5.41) is 8.89. The highest BCUT2D eigenvalue weighted by molar-refractivity contribution is 5.48. The van der Waals surface area contributed by atoms with Crippen LogP contribution in [0.25, 0.3) is 6.08 Å². The number of rotatable bonds is 6. The van der Waals surface area contributed by atoms with E-state index in [1.54, 1.807) is 0 Å². The van der Waals surface area contributed by atoms with Crippen LogP contribution in [-0.2, 0) is 13.6 Å². The van der Waals surface area contributed by atoms with E-state index in [0.717, 1.165) is 37.8 Å². The molecule has 2 heterocycles. The van der Waals surface area contributed by atoms with Crippen LogP contribution in [0.15, 0.2) is 36.4 Å². The molecule has 1 aromatic carbocycles. The van der Waals surface area contributed by atoms with Crippen molar-refractivity contribution in [2.24, 2.45) is 7.05 Å². The van der Waals surface area contributed by atoms with E-state index in [2.05, 4.69) is 88.2 Å². The molecule has 0 N–H and O–H groups in total. The maximum absolute atomic E-state index is 4.50. The van der Waals surface area contributed by atoms with Crippen LogP contribution in [0.5, 0.6) is 0 Å². The van der Waals surface area contributed by atoms with Crippen molar-refractivity contribution in [3.63, 3.8) is 0 Å². The third-order valence-corrected chi connectivity index (χ3v) is 4.80. The molecule has 134 valence electrons. The normalized spacial score (nSPS) is 19.1. The molecule has 1 fully saturated rings. The van der Waals surface area contributed by atoms with Crippen molar-refractivity contribution in [2.45, 2.75) is 25.3 Å². The second-order valence-electron chi connectivity index (χ2n) is 7.18. The maximum Gasteiger partial charge on any atom is 0.146 e. The number of hydrogen-bond donors (Lipinski definition) is 0. The van der Waals surface area contributed by atoms with Gasteiger partial charge in [-0.2, -0.15) is 0 Å². The molecule has 0 amide bonds. The van der Waals surface area contributed by atoms with Gasteiger partial charge in [-0.3, -0.25) is 4.90 Å². The first-order valence-electron chi connectivity index (χ1n) is 9.10. The molecule has 0 saturated carbocycles. The second kappa shape index (κ2) is 8.41. The lowest BCUT2D eigenvalue weighted by Crippen LogP contribution is -2.35. The number of nitrogens with zero attached hydrogens (tertiary/aromatic N) is 5.